The van der Waals surface area contributed by atoms with Gasteiger partial charge in [0.15, 0.2) is 5.71 Å². The van der Waals surface area contributed by atoms with E-state index in [9.17, 15) is 35.5 Å². The van der Waals surface area contributed by atoms with Gasteiger partial charge in [0, 0.05) is 71.1 Å². The molecule has 12 nitrogen and oxygen atoms in total. The van der Waals surface area contributed by atoms with Crippen LogP contribution in [-0.4, -0.2) is 74.5 Å². The van der Waals surface area contributed by atoms with E-state index in [0.29, 0.717) is 62.8 Å². The van der Waals surface area contributed by atoms with Crippen molar-refractivity contribution in [3.05, 3.63) is 95.7 Å². The van der Waals surface area contributed by atoms with E-state index in [1.807, 2.05) is 30.3 Å². The number of unbranched alkanes of at least 4 members (excludes halogenated alkanes) is 4. The van der Waals surface area contributed by atoms with Crippen LogP contribution in [0.25, 0.3) is 21.5 Å². The minimum atomic E-state index is -4.49. The summed E-state index contributed by atoms with van der Waals surface area (Å²) in [7, 11) is -8.99. The Labute approximate surface area is 375 Å². The van der Waals surface area contributed by atoms with E-state index in [2.05, 4.69) is 49.3 Å². The van der Waals surface area contributed by atoms with Crippen LogP contribution in [0.1, 0.15) is 104 Å². The van der Waals surface area contributed by atoms with Gasteiger partial charge in [-0.05, 0) is 100 Å². The predicted molar refractivity (Wildman–Crippen MR) is 238 cm³/mol. The molecule has 2 aliphatic heterocycles. The third-order valence-electron chi connectivity index (χ3n) is 11.9. The van der Waals surface area contributed by atoms with E-state index < -0.39 is 31.1 Å². The lowest BCUT2D eigenvalue weighted by molar-refractivity contribution is -0.438. The Kier molecular flexibility index (Phi) is 15.3. The average Bonchev–Trinajstić information content (AvgIpc) is 3.54. The van der Waals surface area contributed by atoms with Crippen molar-refractivity contribution in [3.63, 3.8) is 0 Å². The molecule has 0 radical (unpaired) electrons. The number of hydrogen-bond acceptors (Lipinski definition) is 9. The van der Waals surface area contributed by atoms with Crippen LogP contribution in [0.15, 0.2) is 94.4 Å². The van der Waals surface area contributed by atoms with E-state index in [1.165, 1.54) is 12.1 Å². The third kappa shape index (κ3) is 9.86. The molecule has 2 N–H and O–H groups in total. The maximum atomic E-state index is 12.5. The zero-order chi connectivity index (χ0) is 44.3. The van der Waals surface area contributed by atoms with Gasteiger partial charge in [-0.1, -0.05) is 56.7 Å². The zero-order valence-electron chi connectivity index (χ0n) is 36.2. The Morgan fingerprint density at radius 2 is 1.21 bits per heavy atom. The number of anilines is 1. The molecule has 0 aliphatic carbocycles. The highest BCUT2D eigenvalue weighted by Crippen LogP contribution is 2.52. The standard InChI is InChI=1S/C47H56N2O10S2.BrH/c1-7-58-42(50)24-11-9-13-30-48-36-28-26-32-34(18-15-20-38(32)60(52,53)54)44(36)46(3,4)40(48)22-17-23-41-47(5,6)45-35-19-16-21-39(61(55,56)57)33(35)27-29-37(45)49(41)31-14-10-12-25-43(51)59-8-2;/h15-23,26-29H,7-14,24-25,30-31H2,1-6H3,(H-,52,53,54,55,56,57);1H. The largest absolute Gasteiger partial charge is 1.00 e. The number of carbonyl (C=O) groups is 2. The van der Waals surface area contributed by atoms with E-state index in [4.69, 9.17) is 9.47 Å². The fourth-order valence-electron chi connectivity index (χ4n) is 9.25. The van der Waals surface area contributed by atoms with Crippen LogP contribution in [0.5, 0.6) is 0 Å². The minimum absolute atomic E-state index is 0. The Morgan fingerprint density at radius 3 is 1.76 bits per heavy atom. The number of carbonyl (C=O) groups excluding carboxylic acids is 2. The highest BCUT2D eigenvalue weighted by atomic mass is 79.9. The minimum Gasteiger partial charge on any atom is -1.00 e. The Bertz CT molecular complexity index is 2690. The van der Waals surface area contributed by atoms with Crippen LogP contribution in [0.4, 0.5) is 11.4 Å². The molecule has 6 rings (SSSR count). The second kappa shape index (κ2) is 19.5. The van der Waals surface area contributed by atoms with Crippen LogP contribution < -0.4 is 21.9 Å². The van der Waals surface area contributed by atoms with Crippen molar-refractivity contribution in [3.8, 4) is 0 Å². The highest BCUT2D eigenvalue weighted by molar-refractivity contribution is 7.86. The summed E-state index contributed by atoms with van der Waals surface area (Å²) < 4.78 is 82.6. The number of fused-ring (bicyclic) bond motifs is 6. The van der Waals surface area contributed by atoms with Crippen molar-refractivity contribution in [2.24, 2.45) is 0 Å². The Hall–Kier alpha value is -4.41. The SMILES string of the molecule is CCOC(=O)CCCCCN1/C(=C\C=C\C2=[N+](CCCCCC(=O)OCC)c3ccc4c(S(=O)(=O)O)cccc4c3C2(C)C)C(C)(C)c2c1ccc1c(S(=O)(=O)O)cccc21.[Br-]. The van der Waals surface area contributed by atoms with Gasteiger partial charge in [0.25, 0.3) is 20.2 Å². The van der Waals surface area contributed by atoms with Gasteiger partial charge in [0.1, 0.15) is 16.3 Å². The van der Waals surface area contributed by atoms with Gasteiger partial charge in [-0.2, -0.15) is 21.4 Å². The Balaban J connectivity index is 0.00000726. The van der Waals surface area contributed by atoms with E-state index >= 15 is 0 Å². The van der Waals surface area contributed by atoms with Gasteiger partial charge in [-0.25, -0.2) is 0 Å². The molecule has 4 aromatic carbocycles. The molecular formula is C47H57BrN2O10S2. The summed E-state index contributed by atoms with van der Waals surface area (Å²) in [6.45, 7) is 14.0. The summed E-state index contributed by atoms with van der Waals surface area (Å²) in [6, 6.07) is 17.2. The number of esters is 2. The first kappa shape index (κ1) is 48.6. The molecule has 334 valence electrons. The predicted octanol–water partition coefficient (Wildman–Crippen LogP) is 6.35. The summed E-state index contributed by atoms with van der Waals surface area (Å²) in [5.41, 5.74) is 4.49. The maximum absolute atomic E-state index is 12.5. The van der Waals surface area contributed by atoms with E-state index in [0.717, 1.165) is 70.4 Å². The fourth-order valence-corrected chi connectivity index (χ4v) is 10.7. The maximum Gasteiger partial charge on any atom is 0.305 e. The number of benzene rings is 4. The second-order valence-corrected chi connectivity index (χ2v) is 19.4. The van der Waals surface area contributed by atoms with Gasteiger partial charge in [0.2, 0.25) is 5.69 Å². The molecule has 0 spiro atoms. The molecule has 0 atom stereocenters. The molecule has 0 saturated carbocycles. The monoisotopic (exact) mass is 952 g/mol. The van der Waals surface area contributed by atoms with Crippen molar-refractivity contribution >= 4 is 70.8 Å². The van der Waals surface area contributed by atoms with Gasteiger partial charge in [-0.15, -0.1) is 0 Å². The molecule has 0 fully saturated rings. The molecular weight excluding hydrogens is 897 g/mol. The fraction of sp³-hybridized carbons (Fsp3) is 0.426. The molecule has 0 amide bonds. The lowest BCUT2D eigenvalue weighted by Crippen LogP contribution is -3.00. The van der Waals surface area contributed by atoms with Crippen LogP contribution in [0.3, 0.4) is 0 Å². The van der Waals surface area contributed by atoms with Crippen molar-refractivity contribution in [2.45, 2.75) is 114 Å². The van der Waals surface area contributed by atoms with E-state index in [-0.39, 0.29) is 38.7 Å². The van der Waals surface area contributed by atoms with Gasteiger partial charge in [0.05, 0.1) is 18.6 Å². The number of hydrogen-bond donors (Lipinski definition) is 2. The number of nitrogens with zero attached hydrogens (tertiary/aromatic N) is 2. The number of ether oxygens (including phenoxy) is 2. The lowest BCUT2D eigenvalue weighted by Gasteiger charge is -2.27. The number of halogens is 1. The van der Waals surface area contributed by atoms with E-state index in [1.54, 1.807) is 38.1 Å². The summed E-state index contributed by atoms with van der Waals surface area (Å²) in [5, 5.41) is 2.33. The summed E-state index contributed by atoms with van der Waals surface area (Å²) in [4.78, 5) is 26.0. The van der Waals surface area contributed by atoms with Crippen molar-refractivity contribution in [1.82, 2.24) is 0 Å². The first-order valence-electron chi connectivity index (χ1n) is 21.0. The topological polar surface area (TPSA) is 168 Å². The first-order chi connectivity index (χ1) is 28.8. The summed E-state index contributed by atoms with van der Waals surface area (Å²) in [5.74, 6) is -0.428. The smallest absolute Gasteiger partial charge is 0.305 e. The molecule has 0 aromatic heterocycles. The summed E-state index contributed by atoms with van der Waals surface area (Å²) >= 11 is 0. The second-order valence-electron chi connectivity index (χ2n) is 16.7. The molecule has 2 heterocycles. The van der Waals surface area contributed by atoms with Crippen LogP contribution in [0, 0.1) is 0 Å². The number of rotatable bonds is 18. The van der Waals surface area contributed by atoms with Crippen LogP contribution in [0.2, 0.25) is 0 Å². The molecule has 0 bridgehead atoms. The van der Waals surface area contributed by atoms with Crippen LogP contribution in [-0.2, 0) is 50.1 Å². The van der Waals surface area contributed by atoms with Crippen molar-refractivity contribution in [1.29, 1.82) is 0 Å². The molecule has 4 aromatic rings. The van der Waals surface area contributed by atoms with Crippen molar-refractivity contribution in [2.75, 3.05) is 31.2 Å². The number of allylic oxidation sites excluding steroid dienone is 4. The van der Waals surface area contributed by atoms with Gasteiger partial charge >= 0.3 is 11.9 Å². The molecule has 62 heavy (non-hydrogen) atoms. The molecule has 0 saturated heterocycles. The van der Waals surface area contributed by atoms with Gasteiger partial charge in [-0.3, -0.25) is 18.7 Å². The molecule has 0 unspecified atom stereocenters. The normalized spacial score (nSPS) is 16.3. The first-order valence-corrected chi connectivity index (χ1v) is 23.9. The highest BCUT2D eigenvalue weighted by Gasteiger charge is 2.46. The van der Waals surface area contributed by atoms with Crippen molar-refractivity contribution < 1.29 is 66.6 Å². The quantitative estimate of drug-likeness (QED) is 0.0494. The third-order valence-corrected chi connectivity index (χ3v) is 13.7. The average molecular weight is 954 g/mol. The zero-order valence-corrected chi connectivity index (χ0v) is 39.5. The summed E-state index contributed by atoms with van der Waals surface area (Å²) in [6.07, 6.45) is 11.4. The Morgan fingerprint density at radius 1 is 0.677 bits per heavy atom. The van der Waals surface area contributed by atoms with Crippen LogP contribution >= 0.6 is 0 Å². The lowest BCUT2D eigenvalue weighted by atomic mass is 9.79. The molecule has 2 aliphatic rings. The van der Waals surface area contributed by atoms with Gasteiger partial charge < -0.3 is 31.4 Å². The molecule has 15 heteroatoms.